The van der Waals surface area contributed by atoms with Crippen LogP contribution in [-0.2, 0) is 34.0 Å². The van der Waals surface area contributed by atoms with Crippen LogP contribution in [0, 0.1) is 0 Å². The molecule has 4 atom stereocenters. The van der Waals surface area contributed by atoms with Crippen molar-refractivity contribution in [1.82, 2.24) is 0 Å². The largest absolute Gasteiger partial charge is 0.490 e. The first-order valence-electron chi connectivity index (χ1n) is 22.2. The second-order valence-electron chi connectivity index (χ2n) is 16.9. The number of ether oxygens (including phenoxy) is 6. The predicted octanol–water partition coefficient (Wildman–Crippen LogP) is 12.0. The molecule has 1 aliphatic rings. The first kappa shape index (κ1) is 46.3. The molecule has 0 radical (unpaired) electrons. The monoisotopic (exact) mass is 870 g/mol. The molecule has 0 spiro atoms. The average molecular weight is 871 g/mol. The van der Waals surface area contributed by atoms with Gasteiger partial charge in [-0.05, 0) is 110 Å². The fourth-order valence-corrected chi connectivity index (χ4v) is 8.23. The van der Waals surface area contributed by atoms with E-state index in [-0.39, 0.29) is 38.6 Å². The number of fused-ring (bicyclic) bond motifs is 3. The van der Waals surface area contributed by atoms with Gasteiger partial charge in [0.05, 0.1) is 30.8 Å². The highest BCUT2D eigenvalue weighted by Crippen LogP contribution is 2.57. The zero-order valence-electron chi connectivity index (χ0n) is 38.2. The van der Waals surface area contributed by atoms with Crippen LogP contribution in [0.25, 0.3) is 33.4 Å². The highest BCUT2D eigenvalue weighted by Gasteiger charge is 2.46. The summed E-state index contributed by atoms with van der Waals surface area (Å²) < 4.78 is 36.2. The molecule has 0 N–H and O–H groups in total. The number of carbonyl (C=O) groups is 2. The van der Waals surface area contributed by atoms with Gasteiger partial charge in [0, 0.05) is 22.3 Å². The molecule has 0 bridgehead atoms. The van der Waals surface area contributed by atoms with Crippen LogP contribution in [-0.4, -0.2) is 62.8 Å². The average Bonchev–Trinajstić information content (AvgIpc) is 3.62. The Morgan fingerprint density at radius 2 is 0.831 bits per heavy atom. The normalized spacial score (nSPS) is 14.2. The third-order valence-electron chi connectivity index (χ3n) is 11.4. The van der Waals surface area contributed by atoms with Gasteiger partial charge in [-0.2, -0.15) is 0 Å². The van der Waals surface area contributed by atoms with Crippen LogP contribution in [0.2, 0.25) is 0 Å². The molecule has 0 heterocycles. The molecular weight excluding hydrogens is 813 g/mol. The third-order valence-corrected chi connectivity index (χ3v) is 11.4. The van der Waals surface area contributed by atoms with Gasteiger partial charge in [-0.25, -0.2) is 9.59 Å². The van der Waals surface area contributed by atoms with Crippen molar-refractivity contribution >= 4 is 11.9 Å². The quantitative estimate of drug-likeness (QED) is 0.0553. The number of hydrogen-bond acceptors (Lipinski definition) is 8. The highest BCUT2D eigenvalue weighted by molar-refractivity contribution is 5.89. The van der Waals surface area contributed by atoms with E-state index in [1.807, 2.05) is 50.2 Å². The topological polar surface area (TPSA) is 89.5 Å². The Bertz CT molecular complexity index is 2450. The van der Waals surface area contributed by atoms with E-state index >= 15 is 0 Å². The molecule has 8 heteroatoms. The summed E-state index contributed by atoms with van der Waals surface area (Å²) in [6, 6.07) is 51.0. The molecule has 7 rings (SSSR count). The lowest BCUT2D eigenvalue weighted by Crippen LogP contribution is -2.29. The third kappa shape index (κ3) is 10.5. The van der Waals surface area contributed by atoms with Gasteiger partial charge in [-0.15, -0.1) is 0 Å². The maximum atomic E-state index is 12.0. The first-order valence-corrected chi connectivity index (χ1v) is 22.2. The van der Waals surface area contributed by atoms with Gasteiger partial charge >= 0.3 is 11.9 Å². The zero-order chi connectivity index (χ0) is 46.1. The zero-order valence-corrected chi connectivity index (χ0v) is 38.2. The van der Waals surface area contributed by atoms with E-state index < -0.39 is 29.6 Å². The van der Waals surface area contributed by atoms with E-state index in [4.69, 9.17) is 28.4 Å². The Morgan fingerprint density at radius 3 is 1.22 bits per heavy atom. The van der Waals surface area contributed by atoms with Crippen LogP contribution < -0.4 is 9.47 Å². The standard InChI is InChI=1S/C57H58O8/c1-37(2)55(58)64-41(7)35-60-39(5)33-62-53-29-27-45(31-49(53)43-19-11-9-12-20-43)57(51-25-17-15-23-47(51)48-24-16-18-26-52(48)57)46-28-30-54(50(32-46)44-21-13-10-14-22-44)63-34-40(6)61-36-42(8)65-56(59)38(3)4/h9-32,39-42H,1,3,33-36H2,2,4-8H3. The van der Waals surface area contributed by atoms with E-state index in [1.165, 1.54) is 22.3 Å². The minimum absolute atomic E-state index is 0.227. The molecule has 0 saturated carbocycles. The van der Waals surface area contributed by atoms with Crippen LogP contribution in [0.3, 0.4) is 0 Å². The number of esters is 2. The number of rotatable bonds is 20. The van der Waals surface area contributed by atoms with Crippen molar-refractivity contribution in [1.29, 1.82) is 0 Å². The molecule has 0 aliphatic heterocycles. The SMILES string of the molecule is C=C(C)C(=O)OC(C)COC(C)COc1ccc(C2(c3ccc(OCC(C)OCC(C)OC(=O)C(=C)C)c(-c4ccccc4)c3)c3ccccc3-c3ccccc32)cc1-c1ccccc1. The summed E-state index contributed by atoms with van der Waals surface area (Å²) in [6.07, 6.45) is -1.44. The fourth-order valence-electron chi connectivity index (χ4n) is 8.23. The van der Waals surface area contributed by atoms with Crippen LogP contribution in [0.5, 0.6) is 11.5 Å². The minimum atomic E-state index is -0.737. The molecule has 334 valence electrons. The van der Waals surface area contributed by atoms with Crippen LogP contribution in [0.15, 0.2) is 170 Å². The molecular formula is C57H58O8. The Kier molecular flexibility index (Phi) is 14.8. The number of hydrogen-bond donors (Lipinski definition) is 0. The molecule has 0 saturated heterocycles. The Labute approximate surface area is 383 Å². The summed E-state index contributed by atoms with van der Waals surface area (Å²) in [4.78, 5) is 24.1. The maximum Gasteiger partial charge on any atom is 0.333 e. The second-order valence-corrected chi connectivity index (χ2v) is 16.9. The van der Waals surface area contributed by atoms with Gasteiger partial charge < -0.3 is 28.4 Å². The Hall–Kier alpha value is -6.74. The maximum absolute atomic E-state index is 12.0. The van der Waals surface area contributed by atoms with Crippen molar-refractivity contribution in [3.05, 3.63) is 192 Å². The Balaban J connectivity index is 1.28. The molecule has 0 aromatic heterocycles. The van der Waals surface area contributed by atoms with Crippen molar-refractivity contribution in [3.63, 3.8) is 0 Å². The first-order chi connectivity index (χ1) is 31.4. The van der Waals surface area contributed by atoms with Crippen molar-refractivity contribution < 1.29 is 38.0 Å². The van der Waals surface area contributed by atoms with E-state index in [1.54, 1.807) is 27.7 Å². The summed E-state index contributed by atoms with van der Waals surface area (Å²) in [5, 5.41) is 0. The summed E-state index contributed by atoms with van der Waals surface area (Å²) in [5.41, 5.74) is 10.7. The van der Waals surface area contributed by atoms with Crippen molar-refractivity contribution in [2.75, 3.05) is 26.4 Å². The lowest BCUT2D eigenvalue weighted by Gasteiger charge is -2.35. The predicted molar refractivity (Wildman–Crippen MR) is 257 cm³/mol. The van der Waals surface area contributed by atoms with E-state index in [2.05, 4.69) is 122 Å². The Morgan fingerprint density at radius 1 is 0.462 bits per heavy atom. The highest BCUT2D eigenvalue weighted by atomic mass is 16.6. The van der Waals surface area contributed by atoms with Crippen LogP contribution >= 0.6 is 0 Å². The van der Waals surface area contributed by atoms with E-state index in [9.17, 15) is 9.59 Å². The van der Waals surface area contributed by atoms with Crippen molar-refractivity contribution in [2.24, 2.45) is 0 Å². The van der Waals surface area contributed by atoms with Crippen molar-refractivity contribution in [2.45, 2.75) is 71.4 Å². The molecule has 4 unspecified atom stereocenters. The van der Waals surface area contributed by atoms with Gasteiger partial charge in [0.25, 0.3) is 0 Å². The van der Waals surface area contributed by atoms with E-state index in [0.717, 1.165) is 44.9 Å². The molecule has 1 aliphatic carbocycles. The van der Waals surface area contributed by atoms with E-state index in [0.29, 0.717) is 11.1 Å². The fraction of sp³-hybridized carbons (Fsp3) is 0.263. The smallest absolute Gasteiger partial charge is 0.333 e. The molecule has 0 fully saturated rings. The van der Waals surface area contributed by atoms with Gasteiger partial charge in [-0.3, -0.25) is 0 Å². The lowest BCUT2D eigenvalue weighted by atomic mass is 9.67. The molecule has 0 amide bonds. The summed E-state index contributed by atoms with van der Waals surface area (Å²) in [5.74, 6) is 0.569. The summed E-state index contributed by atoms with van der Waals surface area (Å²) >= 11 is 0. The van der Waals surface area contributed by atoms with Crippen LogP contribution in [0.1, 0.15) is 63.8 Å². The van der Waals surface area contributed by atoms with Gasteiger partial charge in [-0.1, -0.05) is 134 Å². The number of benzene rings is 6. The summed E-state index contributed by atoms with van der Waals surface area (Å²) in [7, 11) is 0. The lowest BCUT2D eigenvalue weighted by molar-refractivity contribution is -0.148. The summed E-state index contributed by atoms with van der Waals surface area (Å²) in [6.45, 7) is 19.1. The van der Waals surface area contributed by atoms with Crippen LogP contribution in [0.4, 0.5) is 0 Å². The van der Waals surface area contributed by atoms with Crippen molar-refractivity contribution in [3.8, 4) is 44.9 Å². The number of carbonyl (C=O) groups excluding carboxylic acids is 2. The molecule has 8 nitrogen and oxygen atoms in total. The molecule has 6 aromatic carbocycles. The van der Waals surface area contributed by atoms with Gasteiger partial charge in [0.1, 0.15) is 36.9 Å². The molecule has 65 heavy (non-hydrogen) atoms. The van der Waals surface area contributed by atoms with Gasteiger partial charge in [0.2, 0.25) is 0 Å². The second kappa shape index (κ2) is 20.8. The minimum Gasteiger partial charge on any atom is -0.490 e. The molecule has 6 aromatic rings. The van der Waals surface area contributed by atoms with Gasteiger partial charge in [0.15, 0.2) is 0 Å².